The number of carbonyl (C=O) groups excluding carboxylic acids is 1. The highest BCUT2D eigenvalue weighted by Crippen LogP contribution is 2.14. The molecule has 56 valence electrons. The summed E-state index contributed by atoms with van der Waals surface area (Å²) in [5.74, 6) is 0. The summed E-state index contributed by atoms with van der Waals surface area (Å²) in [5, 5.41) is 0. The van der Waals surface area contributed by atoms with Crippen LogP contribution in [0.5, 0.6) is 0 Å². The smallest absolute Gasteiger partial charge is 0.152 e. The van der Waals surface area contributed by atoms with Crippen LogP contribution in [0.1, 0.15) is 0 Å². The van der Waals surface area contributed by atoms with Crippen molar-refractivity contribution >= 4 is 28.9 Å². The fraction of sp³-hybridized carbons (Fsp3) is 0. The molecule has 0 saturated heterocycles. The van der Waals surface area contributed by atoms with Crippen molar-refractivity contribution in [2.45, 2.75) is 0 Å². The van der Waals surface area contributed by atoms with Crippen molar-refractivity contribution in [2.75, 3.05) is 0 Å². The second-order valence-electron chi connectivity index (χ2n) is 2.01. The molecule has 0 heterocycles. The Labute approximate surface area is 78.3 Å². The number of rotatable bonds is 1. The Kier molecular flexibility index (Phi) is 2.68. The zero-order valence-electron chi connectivity index (χ0n) is 5.67. The third-order valence-electron chi connectivity index (χ3n) is 1.21. The highest BCUT2D eigenvalue weighted by atomic mass is 127. The normalized spacial score (nSPS) is 16.3. The van der Waals surface area contributed by atoms with Crippen LogP contribution >= 0.6 is 22.6 Å². The molecule has 0 radical (unpaired) electrons. The topological polar surface area (TPSA) is 43.1 Å². The van der Waals surface area contributed by atoms with E-state index in [2.05, 4.69) is 28.3 Å². The fourth-order valence-electron chi connectivity index (χ4n) is 0.670. The Balaban J connectivity index is 3.19. The Hall–Kier alpha value is -0.800. The molecule has 0 amide bonds. The van der Waals surface area contributed by atoms with Crippen LogP contribution in [-0.2, 0) is 4.79 Å². The molecular weight excluding hydrogens is 253 g/mol. The zero-order chi connectivity index (χ0) is 8.27. The number of carbonyl (C=O) groups is 1. The number of nitrogens with two attached hydrogens (primary N) is 1. The van der Waals surface area contributed by atoms with Gasteiger partial charge in [-0.25, -0.2) is 0 Å². The average molecular weight is 259 g/mol. The van der Waals surface area contributed by atoms with Gasteiger partial charge in [0.1, 0.15) is 0 Å². The molecule has 0 spiro atoms. The summed E-state index contributed by atoms with van der Waals surface area (Å²) < 4.78 is 0.946. The SMILES string of the molecule is NC1=C(C=O)C=C(I)C=C=C1. The first-order valence-corrected chi connectivity index (χ1v) is 4.06. The van der Waals surface area contributed by atoms with Crippen LogP contribution < -0.4 is 5.73 Å². The van der Waals surface area contributed by atoms with Crippen LogP contribution in [0.25, 0.3) is 0 Å². The maximum atomic E-state index is 10.4. The molecule has 0 fully saturated rings. The van der Waals surface area contributed by atoms with Gasteiger partial charge in [-0.05, 0) is 34.7 Å². The van der Waals surface area contributed by atoms with Gasteiger partial charge in [-0.15, -0.1) is 5.73 Å². The molecule has 1 aliphatic carbocycles. The van der Waals surface area contributed by atoms with Gasteiger partial charge in [0.05, 0.1) is 0 Å². The molecule has 3 heteroatoms. The molecule has 0 unspecified atom stereocenters. The zero-order valence-corrected chi connectivity index (χ0v) is 7.83. The molecule has 0 atom stereocenters. The number of halogens is 1. The van der Waals surface area contributed by atoms with E-state index in [4.69, 9.17) is 5.73 Å². The van der Waals surface area contributed by atoms with Crippen molar-refractivity contribution in [1.29, 1.82) is 0 Å². The predicted octanol–water partition coefficient (Wildman–Crippen LogP) is 1.44. The quantitative estimate of drug-likeness (QED) is 0.440. The molecule has 1 aliphatic rings. The summed E-state index contributed by atoms with van der Waals surface area (Å²) in [6, 6.07) is 0. The fourth-order valence-corrected chi connectivity index (χ4v) is 1.19. The molecule has 2 nitrogen and oxygen atoms in total. The van der Waals surface area contributed by atoms with E-state index < -0.39 is 0 Å². The predicted molar refractivity (Wildman–Crippen MR) is 52.0 cm³/mol. The van der Waals surface area contributed by atoms with Crippen LogP contribution in [0, 0.1) is 0 Å². The molecule has 0 aromatic rings. The lowest BCUT2D eigenvalue weighted by atomic mass is 10.2. The van der Waals surface area contributed by atoms with E-state index >= 15 is 0 Å². The van der Waals surface area contributed by atoms with Crippen LogP contribution in [-0.4, -0.2) is 6.29 Å². The van der Waals surface area contributed by atoms with E-state index in [0.29, 0.717) is 11.3 Å². The third-order valence-corrected chi connectivity index (χ3v) is 1.84. The minimum absolute atomic E-state index is 0.461. The molecule has 0 aromatic carbocycles. The van der Waals surface area contributed by atoms with E-state index in [1.807, 2.05) is 0 Å². The lowest BCUT2D eigenvalue weighted by molar-refractivity contribution is -0.104. The molecule has 2 N–H and O–H groups in total. The highest BCUT2D eigenvalue weighted by Gasteiger charge is 1.98. The molecule has 0 aromatic heterocycles. The van der Waals surface area contributed by atoms with Crippen LogP contribution in [0.15, 0.2) is 38.8 Å². The number of aldehydes is 1. The summed E-state index contributed by atoms with van der Waals surface area (Å²) in [5.41, 5.74) is 9.33. The summed E-state index contributed by atoms with van der Waals surface area (Å²) in [4.78, 5) is 10.4. The molecule has 1 rings (SSSR count). The van der Waals surface area contributed by atoms with Gasteiger partial charge in [-0.1, -0.05) is 0 Å². The van der Waals surface area contributed by atoms with Gasteiger partial charge >= 0.3 is 0 Å². The van der Waals surface area contributed by atoms with Crippen LogP contribution in [0.2, 0.25) is 0 Å². The van der Waals surface area contributed by atoms with E-state index in [1.54, 1.807) is 18.2 Å². The number of hydrogen-bond acceptors (Lipinski definition) is 2. The third kappa shape index (κ3) is 2.06. The van der Waals surface area contributed by atoms with E-state index in [1.165, 1.54) is 0 Å². The van der Waals surface area contributed by atoms with Crippen LogP contribution in [0.4, 0.5) is 0 Å². The maximum Gasteiger partial charge on any atom is 0.152 e. The van der Waals surface area contributed by atoms with Crippen molar-refractivity contribution in [3.63, 3.8) is 0 Å². The van der Waals surface area contributed by atoms with Gasteiger partial charge in [-0.2, -0.15) is 0 Å². The Morgan fingerprint density at radius 2 is 2.27 bits per heavy atom. The minimum Gasteiger partial charge on any atom is -0.398 e. The Morgan fingerprint density at radius 1 is 1.55 bits per heavy atom. The first-order chi connectivity index (χ1) is 5.24. The van der Waals surface area contributed by atoms with Crippen molar-refractivity contribution in [3.05, 3.63) is 38.8 Å². The summed E-state index contributed by atoms with van der Waals surface area (Å²) in [7, 11) is 0. The monoisotopic (exact) mass is 259 g/mol. The van der Waals surface area contributed by atoms with Crippen molar-refractivity contribution in [1.82, 2.24) is 0 Å². The average Bonchev–Trinajstić information content (AvgIpc) is 2.13. The van der Waals surface area contributed by atoms with E-state index in [9.17, 15) is 4.79 Å². The molecule has 11 heavy (non-hydrogen) atoms. The maximum absolute atomic E-state index is 10.4. The molecule has 0 aliphatic heterocycles. The second-order valence-corrected chi connectivity index (χ2v) is 3.26. The molecule has 0 bridgehead atoms. The summed E-state index contributed by atoms with van der Waals surface area (Å²) >= 11 is 2.10. The van der Waals surface area contributed by atoms with E-state index in [-0.39, 0.29) is 0 Å². The van der Waals surface area contributed by atoms with Gasteiger partial charge in [0.2, 0.25) is 0 Å². The van der Waals surface area contributed by atoms with Gasteiger partial charge in [-0.3, -0.25) is 4.79 Å². The highest BCUT2D eigenvalue weighted by molar-refractivity contribution is 14.1. The molecule has 0 saturated carbocycles. The number of hydrogen-bond donors (Lipinski definition) is 1. The van der Waals surface area contributed by atoms with Crippen LogP contribution in [0.3, 0.4) is 0 Å². The van der Waals surface area contributed by atoms with Crippen molar-refractivity contribution in [2.24, 2.45) is 5.73 Å². The summed E-state index contributed by atoms with van der Waals surface area (Å²) in [6.45, 7) is 0. The Bertz CT molecular complexity index is 306. The minimum atomic E-state index is 0.461. The van der Waals surface area contributed by atoms with Gasteiger partial charge in [0.15, 0.2) is 6.29 Å². The first-order valence-electron chi connectivity index (χ1n) is 2.98. The standard InChI is InChI=1S/C8H6INO/c9-7-2-1-3-8(10)6(4-7)5-11/h2-5H,10H2. The van der Waals surface area contributed by atoms with Gasteiger partial charge in [0.25, 0.3) is 0 Å². The number of allylic oxidation sites excluding steroid dienone is 4. The van der Waals surface area contributed by atoms with Crippen molar-refractivity contribution in [3.8, 4) is 0 Å². The lowest BCUT2D eigenvalue weighted by Crippen LogP contribution is -1.98. The van der Waals surface area contributed by atoms with E-state index in [0.717, 1.165) is 9.87 Å². The van der Waals surface area contributed by atoms with Crippen molar-refractivity contribution < 1.29 is 4.79 Å². The lowest BCUT2D eigenvalue weighted by Gasteiger charge is -1.92. The first kappa shape index (κ1) is 8.30. The second kappa shape index (κ2) is 3.55. The Morgan fingerprint density at radius 3 is 2.91 bits per heavy atom. The summed E-state index contributed by atoms with van der Waals surface area (Å²) in [6.07, 6.45) is 5.82. The molecular formula is C8H6INO. The largest absolute Gasteiger partial charge is 0.398 e. The van der Waals surface area contributed by atoms with Gasteiger partial charge in [0, 0.05) is 20.9 Å². The van der Waals surface area contributed by atoms with Gasteiger partial charge < -0.3 is 5.73 Å².